The lowest BCUT2D eigenvalue weighted by atomic mass is 10.2. The van der Waals surface area contributed by atoms with E-state index in [1.807, 2.05) is 19.1 Å². The van der Waals surface area contributed by atoms with Crippen LogP contribution in [0.25, 0.3) is 0 Å². The van der Waals surface area contributed by atoms with Gasteiger partial charge < -0.3 is 9.52 Å². The van der Waals surface area contributed by atoms with Gasteiger partial charge in [-0.15, -0.1) is 0 Å². The molecule has 0 aromatic carbocycles. The van der Waals surface area contributed by atoms with Crippen molar-refractivity contribution in [3.8, 4) is 0 Å². The molecule has 2 nitrogen and oxygen atoms in total. The second kappa shape index (κ2) is 2.38. The third-order valence-corrected chi connectivity index (χ3v) is 2.12. The first-order valence-corrected chi connectivity index (χ1v) is 4.02. The van der Waals surface area contributed by atoms with Crippen LogP contribution in [0, 0.1) is 12.8 Å². The molecule has 1 aliphatic rings. The molecule has 60 valence electrons. The Bertz CT molecular complexity index is 248. The fraction of sp³-hybridized carbons (Fsp3) is 0.556. The summed E-state index contributed by atoms with van der Waals surface area (Å²) in [4.78, 5) is 0. The Balaban J connectivity index is 2.14. The van der Waals surface area contributed by atoms with Crippen LogP contribution in [0.3, 0.4) is 0 Å². The molecule has 2 rings (SSSR count). The summed E-state index contributed by atoms with van der Waals surface area (Å²) in [6.07, 6.45) is 1.92. The summed E-state index contributed by atoms with van der Waals surface area (Å²) in [5.74, 6) is 2.06. The third-order valence-electron chi connectivity index (χ3n) is 2.12. The zero-order valence-corrected chi connectivity index (χ0v) is 6.58. The summed E-state index contributed by atoms with van der Waals surface area (Å²) in [5.41, 5.74) is 0. The zero-order valence-electron chi connectivity index (χ0n) is 6.58. The SMILES string of the molecule is Cc1ccc([C@@H](O)C2CC2)o1. The third kappa shape index (κ3) is 1.31. The lowest BCUT2D eigenvalue weighted by molar-refractivity contribution is 0.126. The van der Waals surface area contributed by atoms with Gasteiger partial charge in [0.25, 0.3) is 0 Å². The van der Waals surface area contributed by atoms with Crippen molar-refractivity contribution in [1.82, 2.24) is 0 Å². The largest absolute Gasteiger partial charge is 0.464 e. The molecule has 1 aromatic heterocycles. The van der Waals surface area contributed by atoms with Gasteiger partial charge >= 0.3 is 0 Å². The molecule has 0 unspecified atom stereocenters. The van der Waals surface area contributed by atoms with E-state index in [4.69, 9.17) is 4.42 Å². The van der Waals surface area contributed by atoms with Crippen molar-refractivity contribution in [2.45, 2.75) is 25.9 Å². The first-order valence-electron chi connectivity index (χ1n) is 4.02. The van der Waals surface area contributed by atoms with E-state index in [1.165, 1.54) is 0 Å². The maximum absolute atomic E-state index is 9.58. The predicted molar refractivity (Wildman–Crippen MR) is 41.1 cm³/mol. The van der Waals surface area contributed by atoms with Crippen LogP contribution >= 0.6 is 0 Å². The molecule has 1 fully saturated rings. The van der Waals surface area contributed by atoms with Crippen LogP contribution in [-0.4, -0.2) is 5.11 Å². The quantitative estimate of drug-likeness (QED) is 0.703. The van der Waals surface area contributed by atoms with Gasteiger partial charge in [-0.1, -0.05) is 0 Å². The zero-order chi connectivity index (χ0) is 7.84. The van der Waals surface area contributed by atoms with Crippen molar-refractivity contribution in [1.29, 1.82) is 0 Å². The normalized spacial score (nSPS) is 20.2. The van der Waals surface area contributed by atoms with Crippen molar-refractivity contribution in [3.63, 3.8) is 0 Å². The molecular formula is C9H12O2. The van der Waals surface area contributed by atoms with Crippen LogP contribution in [0.4, 0.5) is 0 Å². The average Bonchev–Trinajstić information content (AvgIpc) is 2.74. The number of hydrogen-bond acceptors (Lipinski definition) is 2. The molecule has 0 spiro atoms. The predicted octanol–water partition coefficient (Wildman–Crippen LogP) is 2.03. The van der Waals surface area contributed by atoms with Crippen molar-refractivity contribution in [3.05, 3.63) is 23.7 Å². The summed E-state index contributed by atoms with van der Waals surface area (Å²) in [6.45, 7) is 1.89. The van der Waals surface area contributed by atoms with Gasteiger partial charge in [-0.25, -0.2) is 0 Å². The molecule has 2 heteroatoms. The maximum Gasteiger partial charge on any atom is 0.132 e. The van der Waals surface area contributed by atoms with Crippen LogP contribution in [0.15, 0.2) is 16.5 Å². The highest BCUT2D eigenvalue weighted by atomic mass is 16.4. The summed E-state index contributed by atoms with van der Waals surface area (Å²) < 4.78 is 5.30. The fourth-order valence-corrected chi connectivity index (χ4v) is 1.26. The van der Waals surface area contributed by atoms with E-state index >= 15 is 0 Å². The number of aliphatic hydroxyl groups is 1. The van der Waals surface area contributed by atoms with Crippen molar-refractivity contribution >= 4 is 0 Å². The van der Waals surface area contributed by atoms with E-state index in [1.54, 1.807) is 0 Å². The van der Waals surface area contributed by atoms with E-state index in [9.17, 15) is 5.11 Å². The molecule has 1 heterocycles. The standard InChI is InChI=1S/C9H12O2/c1-6-2-5-8(11-6)9(10)7-3-4-7/h2,5,7,9-10H,3-4H2,1H3/t9-/m0/s1. The molecule has 1 atom stereocenters. The first-order chi connectivity index (χ1) is 5.27. The Kier molecular flexibility index (Phi) is 1.50. The van der Waals surface area contributed by atoms with Gasteiger partial charge in [-0.2, -0.15) is 0 Å². The number of hydrogen-bond donors (Lipinski definition) is 1. The van der Waals surface area contributed by atoms with Crippen LogP contribution < -0.4 is 0 Å². The van der Waals surface area contributed by atoms with Gasteiger partial charge in [0, 0.05) is 0 Å². The lowest BCUT2D eigenvalue weighted by Crippen LogP contribution is -1.96. The molecule has 0 aliphatic heterocycles. The molecule has 1 N–H and O–H groups in total. The van der Waals surface area contributed by atoms with E-state index in [0.717, 1.165) is 24.4 Å². The Morgan fingerprint density at radius 1 is 1.55 bits per heavy atom. The van der Waals surface area contributed by atoms with Gasteiger partial charge in [-0.05, 0) is 37.8 Å². The maximum atomic E-state index is 9.58. The number of furan rings is 1. The minimum absolute atomic E-state index is 0.358. The molecule has 11 heavy (non-hydrogen) atoms. The summed E-state index contributed by atoms with van der Waals surface area (Å²) in [6, 6.07) is 3.75. The molecule has 0 bridgehead atoms. The van der Waals surface area contributed by atoms with E-state index in [2.05, 4.69) is 0 Å². The van der Waals surface area contributed by atoms with Gasteiger partial charge in [-0.3, -0.25) is 0 Å². The van der Waals surface area contributed by atoms with Crippen LogP contribution in [0.1, 0.15) is 30.5 Å². The molecule has 0 saturated heterocycles. The Morgan fingerprint density at radius 2 is 2.27 bits per heavy atom. The smallest absolute Gasteiger partial charge is 0.132 e. The number of rotatable bonds is 2. The monoisotopic (exact) mass is 152 g/mol. The fourth-order valence-electron chi connectivity index (χ4n) is 1.26. The lowest BCUT2D eigenvalue weighted by Gasteiger charge is -2.03. The highest BCUT2D eigenvalue weighted by Gasteiger charge is 2.32. The topological polar surface area (TPSA) is 33.4 Å². The molecular weight excluding hydrogens is 140 g/mol. The van der Waals surface area contributed by atoms with E-state index < -0.39 is 0 Å². The van der Waals surface area contributed by atoms with Crippen molar-refractivity contribution in [2.75, 3.05) is 0 Å². The van der Waals surface area contributed by atoms with Crippen LogP contribution in [0.2, 0.25) is 0 Å². The Labute approximate surface area is 65.8 Å². The Hall–Kier alpha value is -0.760. The number of aryl methyl sites for hydroxylation is 1. The van der Waals surface area contributed by atoms with Crippen LogP contribution in [0.5, 0.6) is 0 Å². The van der Waals surface area contributed by atoms with Crippen LogP contribution in [-0.2, 0) is 0 Å². The Morgan fingerprint density at radius 3 is 2.73 bits per heavy atom. The second-order valence-corrected chi connectivity index (χ2v) is 3.23. The average molecular weight is 152 g/mol. The molecule has 0 amide bonds. The van der Waals surface area contributed by atoms with E-state index in [0.29, 0.717) is 5.92 Å². The van der Waals surface area contributed by atoms with Crippen molar-refractivity contribution < 1.29 is 9.52 Å². The minimum Gasteiger partial charge on any atom is -0.464 e. The summed E-state index contributed by atoms with van der Waals surface area (Å²) in [5, 5.41) is 9.58. The second-order valence-electron chi connectivity index (χ2n) is 3.23. The molecule has 1 aromatic rings. The molecule has 1 saturated carbocycles. The van der Waals surface area contributed by atoms with Crippen molar-refractivity contribution in [2.24, 2.45) is 5.92 Å². The van der Waals surface area contributed by atoms with Gasteiger partial charge in [0.1, 0.15) is 17.6 Å². The highest BCUT2D eigenvalue weighted by molar-refractivity contribution is 5.10. The van der Waals surface area contributed by atoms with Gasteiger partial charge in [0.2, 0.25) is 0 Å². The first kappa shape index (κ1) is 6.92. The van der Waals surface area contributed by atoms with Gasteiger partial charge in [0.15, 0.2) is 0 Å². The molecule has 1 aliphatic carbocycles. The van der Waals surface area contributed by atoms with Gasteiger partial charge in [0.05, 0.1) is 0 Å². The number of aliphatic hydroxyl groups excluding tert-OH is 1. The highest BCUT2D eigenvalue weighted by Crippen LogP contribution is 2.41. The summed E-state index contributed by atoms with van der Waals surface area (Å²) in [7, 11) is 0. The summed E-state index contributed by atoms with van der Waals surface area (Å²) >= 11 is 0. The molecule has 0 radical (unpaired) electrons. The minimum atomic E-state index is -0.358. The van der Waals surface area contributed by atoms with E-state index in [-0.39, 0.29) is 6.10 Å².